The normalized spacial score (nSPS) is 15.3. The molecule has 0 saturated carbocycles. The average Bonchev–Trinajstić information content (AvgIpc) is 3.14. The van der Waals surface area contributed by atoms with Gasteiger partial charge in [-0.05, 0) is 19.8 Å². The minimum atomic E-state index is -0.599. The standard InChI is InChI=1S/C17H23N7O4S/c1-4-12-22-23-16(29-12)21-13(25)8(2)9(3)18-17(28)24-6-5-10-11(7-24)19-15(27)20-14(10)26/h8-9H,4-7H2,1-3H3,(H,18,28)(H,21,23,25)(H2,19,20,26,27). The molecule has 29 heavy (non-hydrogen) atoms. The molecule has 0 radical (unpaired) electrons. The lowest BCUT2D eigenvalue weighted by Crippen LogP contribution is -2.50. The molecule has 0 spiro atoms. The highest BCUT2D eigenvalue weighted by molar-refractivity contribution is 7.15. The molecule has 0 saturated heterocycles. The quantitative estimate of drug-likeness (QED) is 0.541. The van der Waals surface area contributed by atoms with Gasteiger partial charge in [0.05, 0.1) is 12.5 Å². The average molecular weight is 421 g/mol. The fourth-order valence-electron chi connectivity index (χ4n) is 2.95. The van der Waals surface area contributed by atoms with E-state index in [0.717, 1.165) is 11.4 Å². The van der Waals surface area contributed by atoms with E-state index in [-0.39, 0.29) is 18.5 Å². The highest BCUT2D eigenvalue weighted by atomic mass is 32.1. The van der Waals surface area contributed by atoms with Crippen LogP contribution >= 0.6 is 11.3 Å². The summed E-state index contributed by atoms with van der Waals surface area (Å²) in [5, 5.41) is 14.7. The third kappa shape index (κ3) is 4.70. The van der Waals surface area contributed by atoms with Gasteiger partial charge >= 0.3 is 11.7 Å². The maximum Gasteiger partial charge on any atom is 0.325 e. The maximum absolute atomic E-state index is 12.6. The fourth-order valence-corrected chi connectivity index (χ4v) is 3.64. The number of hydrogen-bond donors (Lipinski definition) is 4. The van der Waals surface area contributed by atoms with Crippen LogP contribution in [0.4, 0.5) is 9.93 Å². The zero-order valence-electron chi connectivity index (χ0n) is 16.4. The fraction of sp³-hybridized carbons (Fsp3) is 0.529. The van der Waals surface area contributed by atoms with Crippen LogP contribution in [0.3, 0.4) is 0 Å². The van der Waals surface area contributed by atoms with E-state index < -0.39 is 23.2 Å². The van der Waals surface area contributed by atoms with Gasteiger partial charge in [0.2, 0.25) is 11.0 Å². The zero-order valence-corrected chi connectivity index (χ0v) is 17.2. The number of nitrogens with zero attached hydrogens (tertiary/aromatic N) is 3. The molecule has 11 nitrogen and oxygen atoms in total. The second kappa shape index (κ2) is 8.55. The van der Waals surface area contributed by atoms with Crippen molar-refractivity contribution in [3.8, 4) is 0 Å². The van der Waals surface area contributed by atoms with Crippen molar-refractivity contribution in [3.63, 3.8) is 0 Å². The maximum atomic E-state index is 12.6. The monoisotopic (exact) mass is 421 g/mol. The third-order valence-electron chi connectivity index (χ3n) is 4.91. The van der Waals surface area contributed by atoms with E-state index in [4.69, 9.17) is 0 Å². The molecule has 2 unspecified atom stereocenters. The first-order chi connectivity index (χ1) is 13.8. The van der Waals surface area contributed by atoms with E-state index in [9.17, 15) is 19.2 Å². The van der Waals surface area contributed by atoms with Crippen molar-refractivity contribution in [2.24, 2.45) is 5.92 Å². The van der Waals surface area contributed by atoms with Crippen LogP contribution in [0.2, 0.25) is 0 Å². The molecule has 2 aromatic rings. The molecule has 0 fully saturated rings. The second-order valence-corrected chi connectivity index (χ2v) is 7.97. The summed E-state index contributed by atoms with van der Waals surface area (Å²) in [4.78, 5) is 54.6. The van der Waals surface area contributed by atoms with Gasteiger partial charge in [-0.25, -0.2) is 9.59 Å². The van der Waals surface area contributed by atoms with Crippen LogP contribution in [0.25, 0.3) is 0 Å². The number of anilines is 1. The Morgan fingerprint density at radius 2 is 2.00 bits per heavy atom. The Hall–Kier alpha value is -3.02. The summed E-state index contributed by atoms with van der Waals surface area (Å²) in [7, 11) is 0. The van der Waals surface area contributed by atoms with Crippen LogP contribution in [0.5, 0.6) is 0 Å². The summed E-state index contributed by atoms with van der Waals surface area (Å²) in [5.74, 6) is -0.774. The molecule has 3 amide bonds. The first-order valence-electron chi connectivity index (χ1n) is 9.31. The molecule has 156 valence electrons. The Balaban J connectivity index is 1.58. The number of aromatic nitrogens is 4. The Bertz CT molecular complexity index is 1030. The number of amides is 3. The summed E-state index contributed by atoms with van der Waals surface area (Å²) >= 11 is 1.32. The first kappa shape index (κ1) is 20.7. The van der Waals surface area contributed by atoms with Crippen LogP contribution in [0, 0.1) is 5.92 Å². The summed E-state index contributed by atoms with van der Waals surface area (Å²) in [6.07, 6.45) is 1.09. The van der Waals surface area contributed by atoms with E-state index in [1.165, 1.54) is 16.2 Å². The lowest BCUT2D eigenvalue weighted by molar-refractivity contribution is -0.120. The second-order valence-electron chi connectivity index (χ2n) is 6.91. The van der Waals surface area contributed by atoms with Crippen molar-refractivity contribution < 1.29 is 9.59 Å². The van der Waals surface area contributed by atoms with E-state index in [1.54, 1.807) is 13.8 Å². The molecule has 12 heteroatoms. The van der Waals surface area contributed by atoms with Gasteiger partial charge in [0.1, 0.15) is 5.01 Å². The SMILES string of the molecule is CCc1nnc(NC(=O)C(C)C(C)NC(=O)N2CCc3c([nH]c(=O)[nH]c3=O)C2)s1. The molecule has 1 aliphatic rings. The third-order valence-corrected chi connectivity index (χ3v) is 5.89. The number of nitrogens with one attached hydrogen (secondary N) is 4. The van der Waals surface area contributed by atoms with Gasteiger partial charge < -0.3 is 20.5 Å². The molecule has 2 atom stereocenters. The molecule has 3 rings (SSSR count). The van der Waals surface area contributed by atoms with Crippen molar-refractivity contribution >= 4 is 28.4 Å². The van der Waals surface area contributed by atoms with Crippen molar-refractivity contribution in [1.29, 1.82) is 0 Å². The minimum absolute atomic E-state index is 0.123. The first-order valence-corrected chi connectivity index (χ1v) is 10.1. The largest absolute Gasteiger partial charge is 0.335 e. The number of carbonyl (C=O) groups excluding carboxylic acids is 2. The van der Waals surface area contributed by atoms with Crippen LogP contribution in [0.1, 0.15) is 37.0 Å². The zero-order chi connectivity index (χ0) is 21.1. The molecule has 4 N–H and O–H groups in total. The topological polar surface area (TPSA) is 153 Å². The van der Waals surface area contributed by atoms with Crippen molar-refractivity contribution in [3.05, 3.63) is 37.1 Å². The number of rotatable bonds is 5. The van der Waals surface area contributed by atoms with Gasteiger partial charge in [0.25, 0.3) is 5.56 Å². The van der Waals surface area contributed by atoms with Crippen LogP contribution in [0.15, 0.2) is 9.59 Å². The predicted molar refractivity (Wildman–Crippen MR) is 107 cm³/mol. The van der Waals surface area contributed by atoms with Gasteiger partial charge in [0, 0.05) is 23.8 Å². The highest BCUT2D eigenvalue weighted by Gasteiger charge is 2.27. The Morgan fingerprint density at radius 1 is 1.24 bits per heavy atom. The Labute approximate surface area is 169 Å². The van der Waals surface area contributed by atoms with Crippen LogP contribution in [-0.2, 0) is 24.2 Å². The Morgan fingerprint density at radius 3 is 2.69 bits per heavy atom. The van der Waals surface area contributed by atoms with Crippen molar-refractivity contribution in [1.82, 2.24) is 30.4 Å². The van der Waals surface area contributed by atoms with E-state index in [1.807, 2.05) is 6.92 Å². The number of H-pyrrole nitrogens is 2. The molecule has 3 heterocycles. The van der Waals surface area contributed by atoms with Crippen molar-refractivity contribution in [2.45, 2.75) is 46.2 Å². The number of aryl methyl sites for hydroxylation is 1. The number of fused-ring (bicyclic) bond motifs is 1. The number of carbonyl (C=O) groups is 2. The molecule has 2 aromatic heterocycles. The molecule has 0 bridgehead atoms. The van der Waals surface area contributed by atoms with Gasteiger partial charge in [0.15, 0.2) is 0 Å². The molecular weight excluding hydrogens is 398 g/mol. The van der Waals surface area contributed by atoms with E-state index in [0.29, 0.717) is 29.4 Å². The predicted octanol–water partition coefficient (Wildman–Crippen LogP) is 0.208. The van der Waals surface area contributed by atoms with E-state index >= 15 is 0 Å². The summed E-state index contributed by atoms with van der Waals surface area (Å²) in [6, 6.07) is -0.811. The summed E-state index contributed by atoms with van der Waals surface area (Å²) in [6.45, 7) is 5.87. The molecule has 0 aromatic carbocycles. The van der Waals surface area contributed by atoms with Gasteiger partial charge in [-0.1, -0.05) is 25.2 Å². The minimum Gasteiger partial charge on any atom is -0.335 e. The van der Waals surface area contributed by atoms with Gasteiger partial charge in [-0.15, -0.1) is 10.2 Å². The summed E-state index contributed by atoms with van der Waals surface area (Å²) in [5.41, 5.74) is -0.109. The van der Waals surface area contributed by atoms with Gasteiger partial charge in [-0.3, -0.25) is 14.6 Å². The summed E-state index contributed by atoms with van der Waals surface area (Å²) < 4.78 is 0. The van der Waals surface area contributed by atoms with Crippen LogP contribution in [-0.4, -0.2) is 49.6 Å². The van der Waals surface area contributed by atoms with Crippen LogP contribution < -0.4 is 21.9 Å². The van der Waals surface area contributed by atoms with E-state index in [2.05, 4.69) is 30.8 Å². The van der Waals surface area contributed by atoms with Crippen molar-refractivity contribution in [2.75, 3.05) is 11.9 Å². The Kier molecular flexibility index (Phi) is 6.11. The molecule has 1 aliphatic heterocycles. The smallest absolute Gasteiger partial charge is 0.325 e. The molecule has 0 aliphatic carbocycles. The number of hydrogen-bond acceptors (Lipinski definition) is 7. The lowest BCUT2D eigenvalue weighted by atomic mass is 10.0. The number of aromatic amines is 2. The van der Waals surface area contributed by atoms with Gasteiger partial charge in [-0.2, -0.15) is 0 Å². The number of urea groups is 1. The lowest BCUT2D eigenvalue weighted by Gasteiger charge is -2.30. The highest BCUT2D eigenvalue weighted by Crippen LogP contribution is 2.17. The molecular formula is C17H23N7O4S.